The maximum absolute atomic E-state index is 12.0. The largest absolute Gasteiger partial charge is 0.281 e. The van der Waals surface area contributed by atoms with E-state index in [1.165, 1.54) is 11.3 Å². The Bertz CT molecular complexity index is 1060. The van der Waals surface area contributed by atoms with E-state index in [-0.39, 0.29) is 5.91 Å². The molecule has 0 aliphatic rings. The summed E-state index contributed by atoms with van der Waals surface area (Å²) >= 11 is 1.37. The number of pyridine rings is 1. The van der Waals surface area contributed by atoms with Crippen LogP contribution in [0.15, 0.2) is 83.7 Å². The van der Waals surface area contributed by atoms with E-state index in [0.29, 0.717) is 4.88 Å². The first kappa shape index (κ1) is 16.9. The number of hydrazone groups is 1. The number of carbonyl (C=O) groups excluding carboxylic acids is 1. The first-order valence-corrected chi connectivity index (χ1v) is 9.11. The van der Waals surface area contributed by atoms with Crippen LogP contribution in [-0.2, 0) is 0 Å². The number of amides is 1. The number of nitrogens with zero attached hydrogens (tertiary/aromatic N) is 4. The smallest absolute Gasteiger partial charge is 0.266 e. The van der Waals surface area contributed by atoms with Crippen molar-refractivity contribution in [2.75, 3.05) is 0 Å². The summed E-state index contributed by atoms with van der Waals surface area (Å²) in [7, 11) is 0. The lowest BCUT2D eigenvalue weighted by atomic mass is 10.1. The highest BCUT2D eigenvalue weighted by molar-refractivity contribution is 7.12. The number of hydrogen-bond donors (Lipinski definition) is 1. The van der Waals surface area contributed by atoms with Crippen molar-refractivity contribution < 1.29 is 4.79 Å². The third-order valence-corrected chi connectivity index (χ3v) is 4.68. The molecule has 7 heteroatoms. The zero-order valence-electron chi connectivity index (χ0n) is 14.2. The van der Waals surface area contributed by atoms with Crippen LogP contribution < -0.4 is 5.43 Å². The summed E-state index contributed by atoms with van der Waals surface area (Å²) in [4.78, 5) is 16.8. The van der Waals surface area contributed by atoms with Crippen molar-refractivity contribution in [3.8, 4) is 16.9 Å². The van der Waals surface area contributed by atoms with Gasteiger partial charge in [-0.2, -0.15) is 10.2 Å². The van der Waals surface area contributed by atoms with Gasteiger partial charge in [0, 0.05) is 29.7 Å². The lowest BCUT2D eigenvalue weighted by molar-refractivity contribution is 0.0959. The lowest BCUT2D eigenvalue weighted by Gasteiger charge is -1.99. The van der Waals surface area contributed by atoms with Crippen LogP contribution in [0.2, 0.25) is 0 Å². The van der Waals surface area contributed by atoms with Crippen LogP contribution in [-0.4, -0.2) is 26.9 Å². The van der Waals surface area contributed by atoms with Crippen molar-refractivity contribution in [2.45, 2.75) is 0 Å². The minimum absolute atomic E-state index is 0.236. The highest BCUT2D eigenvalue weighted by Crippen LogP contribution is 2.21. The van der Waals surface area contributed by atoms with Gasteiger partial charge in [-0.1, -0.05) is 24.3 Å². The summed E-state index contributed by atoms with van der Waals surface area (Å²) in [6.07, 6.45) is 6.94. The number of rotatable bonds is 5. The van der Waals surface area contributed by atoms with Gasteiger partial charge in [0.1, 0.15) is 5.69 Å². The molecular weight excluding hydrogens is 358 g/mol. The molecule has 27 heavy (non-hydrogen) atoms. The third kappa shape index (κ3) is 3.83. The van der Waals surface area contributed by atoms with Crippen LogP contribution in [0.25, 0.3) is 16.9 Å². The molecule has 0 spiro atoms. The molecule has 3 aromatic heterocycles. The van der Waals surface area contributed by atoms with Crippen molar-refractivity contribution in [3.63, 3.8) is 0 Å². The molecule has 3 heterocycles. The van der Waals surface area contributed by atoms with Gasteiger partial charge in [0.15, 0.2) is 0 Å². The highest BCUT2D eigenvalue weighted by Gasteiger charge is 2.11. The van der Waals surface area contributed by atoms with Gasteiger partial charge in [-0.05, 0) is 35.7 Å². The molecule has 0 saturated heterocycles. The molecule has 0 unspecified atom stereocenters. The van der Waals surface area contributed by atoms with Crippen LogP contribution in [0.4, 0.5) is 0 Å². The summed E-state index contributed by atoms with van der Waals surface area (Å²) in [5, 5.41) is 10.6. The molecule has 1 N–H and O–H groups in total. The fraction of sp³-hybridized carbons (Fsp3) is 0. The lowest BCUT2D eigenvalue weighted by Crippen LogP contribution is -2.16. The Hall–Kier alpha value is -3.58. The van der Waals surface area contributed by atoms with Gasteiger partial charge < -0.3 is 0 Å². The molecule has 0 aliphatic carbocycles. The molecular formula is C20H15N5OS. The Morgan fingerprint density at radius 1 is 1.11 bits per heavy atom. The van der Waals surface area contributed by atoms with Crippen molar-refractivity contribution >= 4 is 23.5 Å². The number of hydrogen-bond acceptors (Lipinski definition) is 5. The molecule has 0 fully saturated rings. The van der Waals surface area contributed by atoms with Gasteiger partial charge in [0.05, 0.1) is 16.8 Å². The first-order valence-electron chi connectivity index (χ1n) is 8.23. The summed E-state index contributed by atoms with van der Waals surface area (Å²) in [6, 6.07) is 17.2. The van der Waals surface area contributed by atoms with E-state index >= 15 is 0 Å². The van der Waals surface area contributed by atoms with Crippen molar-refractivity contribution in [1.29, 1.82) is 0 Å². The van der Waals surface area contributed by atoms with E-state index in [0.717, 1.165) is 22.5 Å². The number of thiophene rings is 1. The molecule has 132 valence electrons. The summed E-state index contributed by atoms with van der Waals surface area (Å²) < 4.78 is 1.78. The Labute approximate surface area is 159 Å². The Morgan fingerprint density at radius 3 is 2.74 bits per heavy atom. The molecule has 0 radical (unpaired) electrons. The van der Waals surface area contributed by atoms with Crippen molar-refractivity contribution in [2.24, 2.45) is 5.10 Å². The SMILES string of the molecule is O=C(N/N=C\c1cn(-c2ccccc2)nc1-c1cccnc1)c1cccs1. The van der Waals surface area contributed by atoms with E-state index in [2.05, 4.69) is 20.6 Å². The molecule has 4 rings (SSSR count). The number of carbonyl (C=O) groups is 1. The average Bonchev–Trinajstić information content (AvgIpc) is 3.40. The standard InChI is InChI=1S/C20H15N5OS/c26-20(18-9-5-11-27-18)23-22-13-16-14-25(17-7-2-1-3-8-17)24-19(16)15-6-4-10-21-12-15/h1-14H,(H,23,26)/b22-13-. The normalized spacial score (nSPS) is 11.0. The topological polar surface area (TPSA) is 72.2 Å². The third-order valence-electron chi connectivity index (χ3n) is 3.81. The minimum Gasteiger partial charge on any atom is -0.266 e. The fourth-order valence-electron chi connectivity index (χ4n) is 2.55. The summed E-state index contributed by atoms with van der Waals surface area (Å²) in [5.41, 5.74) is 5.87. The molecule has 4 aromatic rings. The summed E-state index contributed by atoms with van der Waals surface area (Å²) in [5.74, 6) is -0.236. The van der Waals surface area contributed by atoms with Crippen LogP contribution in [0.5, 0.6) is 0 Å². The number of aromatic nitrogens is 3. The maximum atomic E-state index is 12.0. The molecule has 0 saturated carbocycles. The Balaban J connectivity index is 1.65. The van der Waals surface area contributed by atoms with Gasteiger partial charge in [-0.15, -0.1) is 11.3 Å². The van der Waals surface area contributed by atoms with Crippen LogP contribution in [0.1, 0.15) is 15.2 Å². The zero-order chi connectivity index (χ0) is 18.5. The highest BCUT2D eigenvalue weighted by atomic mass is 32.1. The molecule has 0 bridgehead atoms. The second-order valence-electron chi connectivity index (χ2n) is 5.63. The molecule has 6 nitrogen and oxygen atoms in total. The zero-order valence-corrected chi connectivity index (χ0v) is 15.0. The number of nitrogens with one attached hydrogen (secondary N) is 1. The van der Waals surface area contributed by atoms with Gasteiger partial charge in [-0.3, -0.25) is 9.78 Å². The van der Waals surface area contributed by atoms with E-state index in [9.17, 15) is 4.79 Å². The molecule has 0 atom stereocenters. The fourth-order valence-corrected chi connectivity index (χ4v) is 3.16. The molecule has 0 aliphatic heterocycles. The van der Waals surface area contributed by atoms with Gasteiger partial charge >= 0.3 is 0 Å². The van der Waals surface area contributed by atoms with E-state index in [1.807, 2.05) is 60.1 Å². The van der Waals surface area contributed by atoms with Gasteiger partial charge in [0.25, 0.3) is 5.91 Å². The van der Waals surface area contributed by atoms with E-state index < -0.39 is 0 Å². The van der Waals surface area contributed by atoms with Gasteiger partial charge in [-0.25, -0.2) is 10.1 Å². The van der Waals surface area contributed by atoms with Crippen LogP contribution >= 0.6 is 11.3 Å². The van der Waals surface area contributed by atoms with Crippen molar-refractivity contribution in [3.05, 3.63) is 89.0 Å². The predicted octanol–water partition coefficient (Wildman–Crippen LogP) is 3.76. The minimum atomic E-state index is -0.236. The quantitative estimate of drug-likeness (QED) is 0.428. The van der Waals surface area contributed by atoms with Crippen LogP contribution in [0, 0.1) is 0 Å². The average molecular weight is 373 g/mol. The monoisotopic (exact) mass is 373 g/mol. The Kier molecular flexibility index (Phi) is 4.84. The van der Waals surface area contributed by atoms with Crippen molar-refractivity contribution in [1.82, 2.24) is 20.2 Å². The molecule has 1 amide bonds. The number of para-hydroxylation sites is 1. The summed E-state index contributed by atoms with van der Waals surface area (Å²) in [6.45, 7) is 0. The maximum Gasteiger partial charge on any atom is 0.281 e. The first-order chi connectivity index (χ1) is 13.3. The van der Waals surface area contributed by atoms with Crippen LogP contribution in [0.3, 0.4) is 0 Å². The van der Waals surface area contributed by atoms with E-state index in [1.54, 1.807) is 29.4 Å². The van der Waals surface area contributed by atoms with Gasteiger partial charge in [0.2, 0.25) is 0 Å². The predicted molar refractivity (Wildman–Crippen MR) is 106 cm³/mol. The second kappa shape index (κ2) is 7.76. The van der Waals surface area contributed by atoms with E-state index in [4.69, 9.17) is 0 Å². The second-order valence-corrected chi connectivity index (χ2v) is 6.58. The number of benzene rings is 1. The molecule has 1 aromatic carbocycles. The Morgan fingerprint density at radius 2 is 2.00 bits per heavy atom.